The maximum absolute atomic E-state index is 11.8. The molecule has 0 bridgehead atoms. The monoisotopic (exact) mass is 280 g/mol. The highest BCUT2D eigenvalue weighted by atomic mass is 16.7. The summed E-state index contributed by atoms with van der Waals surface area (Å²) in [7, 11) is 0. The molecule has 7 heteroatoms. The van der Waals surface area contributed by atoms with Crippen LogP contribution in [0.4, 0.5) is 0 Å². The number of carbonyl (C=O) groups is 4. The van der Waals surface area contributed by atoms with Crippen molar-refractivity contribution in [2.24, 2.45) is 0 Å². The van der Waals surface area contributed by atoms with Crippen LogP contribution in [0.2, 0.25) is 0 Å². The molecule has 0 saturated carbocycles. The minimum absolute atomic E-state index is 0.0551. The Morgan fingerprint density at radius 2 is 1.65 bits per heavy atom. The second kappa shape index (κ2) is 6.31. The van der Waals surface area contributed by atoms with Gasteiger partial charge < -0.3 is 9.74 Å². The fraction of sp³-hybridized carbons (Fsp3) is 0.538. The number of rotatable bonds is 3. The van der Waals surface area contributed by atoms with E-state index >= 15 is 0 Å². The number of nitrogens with zero attached hydrogens (tertiary/aromatic N) is 2. The summed E-state index contributed by atoms with van der Waals surface area (Å²) in [6.07, 6.45) is 5.66. The average Bonchev–Trinajstić information content (AvgIpc) is 2.70. The number of hydroxylamine groups is 2. The van der Waals surface area contributed by atoms with Gasteiger partial charge in [0, 0.05) is 25.8 Å². The van der Waals surface area contributed by atoms with E-state index in [1.165, 1.54) is 4.90 Å². The third-order valence-electron chi connectivity index (χ3n) is 3.13. The molecule has 108 valence electrons. The topological polar surface area (TPSA) is 84.0 Å². The first-order valence-corrected chi connectivity index (χ1v) is 6.57. The molecule has 1 fully saturated rings. The molecule has 0 aromatic carbocycles. The summed E-state index contributed by atoms with van der Waals surface area (Å²) in [5.74, 6) is -1.95. The largest absolute Gasteiger partial charge is 0.352 e. The van der Waals surface area contributed by atoms with E-state index in [0.717, 1.165) is 0 Å². The summed E-state index contributed by atoms with van der Waals surface area (Å²) in [5.41, 5.74) is 0. The molecule has 0 N–H and O–H groups in total. The van der Waals surface area contributed by atoms with Gasteiger partial charge in [0.05, 0.1) is 0 Å². The van der Waals surface area contributed by atoms with Crippen molar-refractivity contribution in [2.45, 2.75) is 32.1 Å². The Hall–Kier alpha value is -2.18. The Bertz CT molecular complexity index is 455. The summed E-state index contributed by atoms with van der Waals surface area (Å²) in [6, 6.07) is 0. The van der Waals surface area contributed by atoms with Crippen molar-refractivity contribution in [2.75, 3.05) is 13.1 Å². The molecule has 0 aliphatic carbocycles. The molecule has 0 spiro atoms. The first-order valence-electron chi connectivity index (χ1n) is 6.57. The highest BCUT2D eigenvalue weighted by Gasteiger charge is 2.33. The summed E-state index contributed by atoms with van der Waals surface area (Å²) in [5, 5.41) is 0.497. The van der Waals surface area contributed by atoms with Crippen LogP contribution >= 0.6 is 0 Å². The van der Waals surface area contributed by atoms with E-state index in [0.29, 0.717) is 30.9 Å². The van der Waals surface area contributed by atoms with Crippen LogP contribution in [0.5, 0.6) is 0 Å². The second-order valence-corrected chi connectivity index (χ2v) is 4.66. The zero-order chi connectivity index (χ0) is 14.5. The standard InChI is InChI=1S/C13H16N2O5/c16-10-5-3-1-2-4-8-14(10)9-13(19)20-15-11(17)6-7-12(15)18/h1-2H,3-9H2/b2-1+. The van der Waals surface area contributed by atoms with Gasteiger partial charge in [0.15, 0.2) is 0 Å². The van der Waals surface area contributed by atoms with Gasteiger partial charge in [-0.25, -0.2) is 4.79 Å². The van der Waals surface area contributed by atoms with Gasteiger partial charge in [0.25, 0.3) is 11.8 Å². The predicted octanol–water partition coefficient (Wildman–Crippen LogP) is 0.162. The molecule has 0 radical (unpaired) electrons. The first kappa shape index (κ1) is 14.2. The number of hydrogen-bond donors (Lipinski definition) is 0. The maximum atomic E-state index is 11.8. The number of carbonyl (C=O) groups excluding carboxylic acids is 4. The SMILES string of the molecule is O=C(CN1CC/C=C/CCC1=O)ON1C(=O)CCC1=O. The van der Waals surface area contributed by atoms with Crippen molar-refractivity contribution in [1.82, 2.24) is 9.96 Å². The van der Waals surface area contributed by atoms with E-state index in [9.17, 15) is 19.2 Å². The molecule has 20 heavy (non-hydrogen) atoms. The van der Waals surface area contributed by atoms with Gasteiger partial charge in [0.2, 0.25) is 5.91 Å². The predicted molar refractivity (Wildman–Crippen MR) is 66.8 cm³/mol. The highest BCUT2D eigenvalue weighted by Crippen LogP contribution is 2.13. The molecule has 3 amide bonds. The van der Waals surface area contributed by atoms with Crippen LogP contribution in [-0.4, -0.2) is 46.7 Å². The molecule has 2 heterocycles. The van der Waals surface area contributed by atoms with E-state index in [1.807, 2.05) is 12.2 Å². The Morgan fingerprint density at radius 1 is 1.00 bits per heavy atom. The lowest BCUT2D eigenvalue weighted by Gasteiger charge is -2.23. The lowest BCUT2D eigenvalue weighted by molar-refractivity contribution is -0.198. The number of hydrogen-bond acceptors (Lipinski definition) is 5. The Kier molecular flexibility index (Phi) is 4.49. The van der Waals surface area contributed by atoms with Crippen molar-refractivity contribution in [3.63, 3.8) is 0 Å². The fourth-order valence-corrected chi connectivity index (χ4v) is 2.07. The van der Waals surface area contributed by atoms with Crippen LogP contribution in [0.1, 0.15) is 32.1 Å². The van der Waals surface area contributed by atoms with Crippen molar-refractivity contribution in [3.8, 4) is 0 Å². The molecule has 7 nitrogen and oxygen atoms in total. The number of amides is 3. The summed E-state index contributed by atoms with van der Waals surface area (Å²) < 4.78 is 0. The van der Waals surface area contributed by atoms with Gasteiger partial charge in [-0.2, -0.15) is 0 Å². The molecule has 0 unspecified atom stereocenters. The quantitative estimate of drug-likeness (QED) is 0.543. The molecule has 2 rings (SSSR count). The van der Waals surface area contributed by atoms with Crippen molar-refractivity contribution in [1.29, 1.82) is 0 Å². The summed E-state index contributed by atoms with van der Waals surface area (Å²) >= 11 is 0. The minimum atomic E-state index is -0.772. The van der Waals surface area contributed by atoms with Crippen LogP contribution in [0.3, 0.4) is 0 Å². The lowest BCUT2D eigenvalue weighted by atomic mass is 10.2. The molecule has 0 atom stereocenters. The number of allylic oxidation sites excluding steroid dienone is 1. The van der Waals surface area contributed by atoms with Gasteiger partial charge in [-0.3, -0.25) is 14.4 Å². The third kappa shape index (κ3) is 3.43. The van der Waals surface area contributed by atoms with Crippen LogP contribution in [-0.2, 0) is 24.0 Å². The van der Waals surface area contributed by atoms with Crippen LogP contribution in [0.25, 0.3) is 0 Å². The van der Waals surface area contributed by atoms with Gasteiger partial charge in [-0.15, -0.1) is 5.06 Å². The van der Waals surface area contributed by atoms with E-state index in [4.69, 9.17) is 4.84 Å². The molecule has 2 aliphatic heterocycles. The van der Waals surface area contributed by atoms with Crippen LogP contribution in [0.15, 0.2) is 12.2 Å². The van der Waals surface area contributed by atoms with Gasteiger partial charge >= 0.3 is 5.97 Å². The van der Waals surface area contributed by atoms with E-state index < -0.39 is 17.8 Å². The maximum Gasteiger partial charge on any atom is 0.352 e. The number of imide groups is 1. The van der Waals surface area contributed by atoms with Crippen molar-refractivity contribution >= 4 is 23.7 Å². The fourth-order valence-electron chi connectivity index (χ4n) is 2.07. The molecule has 0 aromatic heterocycles. The highest BCUT2D eigenvalue weighted by molar-refractivity contribution is 6.01. The zero-order valence-electron chi connectivity index (χ0n) is 11.0. The van der Waals surface area contributed by atoms with Crippen molar-refractivity contribution < 1.29 is 24.0 Å². The molecular weight excluding hydrogens is 264 g/mol. The van der Waals surface area contributed by atoms with Gasteiger partial charge in [-0.05, 0) is 12.8 Å². The van der Waals surface area contributed by atoms with Crippen molar-refractivity contribution in [3.05, 3.63) is 12.2 Å². The molecular formula is C13H16N2O5. The van der Waals surface area contributed by atoms with Gasteiger partial charge in [0.1, 0.15) is 6.54 Å². The second-order valence-electron chi connectivity index (χ2n) is 4.66. The molecule has 2 aliphatic rings. The zero-order valence-corrected chi connectivity index (χ0v) is 11.0. The summed E-state index contributed by atoms with van der Waals surface area (Å²) in [6.45, 7) is 0.177. The third-order valence-corrected chi connectivity index (χ3v) is 3.13. The Morgan fingerprint density at radius 3 is 2.35 bits per heavy atom. The molecule has 1 saturated heterocycles. The van der Waals surface area contributed by atoms with Crippen LogP contribution in [0, 0.1) is 0 Å². The Labute approximate surface area is 116 Å². The summed E-state index contributed by atoms with van der Waals surface area (Å²) in [4.78, 5) is 52.3. The first-order chi connectivity index (χ1) is 9.58. The Balaban J connectivity index is 1.89. The van der Waals surface area contributed by atoms with E-state index in [2.05, 4.69) is 0 Å². The van der Waals surface area contributed by atoms with E-state index in [1.54, 1.807) is 0 Å². The minimum Gasteiger partial charge on any atom is -0.331 e. The van der Waals surface area contributed by atoms with Gasteiger partial charge in [-0.1, -0.05) is 12.2 Å². The van der Waals surface area contributed by atoms with E-state index in [-0.39, 0.29) is 25.3 Å². The average molecular weight is 280 g/mol. The molecule has 0 aromatic rings. The smallest absolute Gasteiger partial charge is 0.331 e. The lowest BCUT2D eigenvalue weighted by Crippen LogP contribution is -2.41. The normalized spacial score (nSPS) is 21.7. The van der Waals surface area contributed by atoms with Crippen LogP contribution < -0.4 is 0 Å².